The summed E-state index contributed by atoms with van der Waals surface area (Å²) in [4.78, 5) is 12.5. The van der Waals surface area contributed by atoms with E-state index in [9.17, 15) is 8.42 Å². The molecule has 1 aromatic carbocycles. The first-order valence-corrected chi connectivity index (χ1v) is 11.6. The van der Waals surface area contributed by atoms with E-state index >= 15 is 0 Å². The van der Waals surface area contributed by atoms with Gasteiger partial charge in [0.2, 0.25) is 5.95 Å². The largest absolute Gasteiger partial charge is 0.495 e. The first kappa shape index (κ1) is 19.5. The second-order valence-corrected chi connectivity index (χ2v) is 9.44. The molecule has 1 fully saturated rings. The Labute approximate surface area is 170 Å². The Balaban J connectivity index is 1.62. The lowest BCUT2D eigenvalue weighted by molar-refractivity contribution is 0.415. The summed E-state index contributed by atoms with van der Waals surface area (Å²) >= 11 is 0. The zero-order valence-corrected chi connectivity index (χ0v) is 17.3. The van der Waals surface area contributed by atoms with Crippen molar-refractivity contribution in [2.45, 2.75) is 30.6 Å². The highest BCUT2D eigenvalue weighted by atomic mass is 32.2. The van der Waals surface area contributed by atoms with Crippen molar-refractivity contribution in [2.24, 2.45) is 5.92 Å². The van der Waals surface area contributed by atoms with E-state index in [1.165, 1.54) is 51.2 Å². The topological polar surface area (TPSA) is 109 Å². The van der Waals surface area contributed by atoms with Gasteiger partial charge in [0.05, 0.1) is 23.1 Å². The van der Waals surface area contributed by atoms with Gasteiger partial charge in [-0.15, -0.1) is 0 Å². The molecular weight excluding hydrogens is 390 g/mol. The maximum Gasteiger partial charge on any atom is 0.231 e. The molecule has 8 nitrogen and oxygen atoms in total. The molecule has 0 aliphatic heterocycles. The zero-order valence-electron chi connectivity index (χ0n) is 16.5. The van der Waals surface area contributed by atoms with Crippen LogP contribution in [0.3, 0.4) is 0 Å². The number of nitrogens with zero attached hydrogens (tertiary/aromatic N) is 2. The van der Waals surface area contributed by atoms with E-state index in [1.54, 1.807) is 6.07 Å². The Kier molecular flexibility index (Phi) is 5.31. The van der Waals surface area contributed by atoms with Crippen LogP contribution in [-0.4, -0.2) is 43.3 Å². The van der Waals surface area contributed by atoms with E-state index in [2.05, 4.69) is 25.6 Å². The van der Waals surface area contributed by atoms with E-state index in [0.29, 0.717) is 23.3 Å². The van der Waals surface area contributed by atoms with E-state index < -0.39 is 9.84 Å². The molecule has 0 radical (unpaired) electrons. The second kappa shape index (κ2) is 7.90. The fourth-order valence-corrected chi connectivity index (χ4v) is 4.35. The molecule has 2 heterocycles. The van der Waals surface area contributed by atoms with Gasteiger partial charge in [-0.05, 0) is 37.0 Å². The van der Waals surface area contributed by atoms with E-state index in [4.69, 9.17) is 4.74 Å². The van der Waals surface area contributed by atoms with Crippen LogP contribution in [-0.2, 0) is 9.84 Å². The number of aromatic nitrogens is 3. The molecule has 2 aromatic heterocycles. The van der Waals surface area contributed by atoms with Crippen LogP contribution in [0, 0.1) is 5.92 Å². The highest BCUT2D eigenvalue weighted by Crippen LogP contribution is 2.31. The molecule has 1 saturated carbocycles. The number of anilines is 3. The summed E-state index contributed by atoms with van der Waals surface area (Å²) in [7, 11) is -1.83. The van der Waals surface area contributed by atoms with Crippen LogP contribution in [0.15, 0.2) is 35.4 Å². The molecule has 29 heavy (non-hydrogen) atoms. The van der Waals surface area contributed by atoms with Crippen molar-refractivity contribution in [1.29, 1.82) is 0 Å². The number of nitrogens with one attached hydrogen (secondary N) is 3. The van der Waals surface area contributed by atoms with Crippen LogP contribution in [0.5, 0.6) is 5.75 Å². The molecule has 1 aliphatic rings. The number of rotatable bonds is 7. The normalized spacial score (nSPS) is 15.0. The Hall–Kier alpha value is -2.81. The van der Waals surface area contributed by atoms with Gasteiger partial charge in [0.1, 0.15) is 17.2 Å². The molecular formula is C20H25N5O3S. The van der Waals surface area contributed by atoms with Gasteiger partial charge >= 0.3 is 0 Å². The number of sulfone groups is 1. The molecule has 0 bridgehead atoms. The van der Waals surface area contributed by atoms with Crippen LogP contribution in [0.2, 0.25) is 0 Å². The van der Waals surface area contributed by atoms with Crippen molar-refractivity contribution in [3.05, 3.63) is 30.5 Å². The highest BCUT2D eigenvalue weighted by Gasteiger charge is 2.17. The van der Waals surface area contributed by atoms with E-state index in [0.717, 1.165) is 23.4 Å². The summed E-state index contributed by atoms with van der Waals surface area (Å²) in [5, 5.41) is 7.57. The third-order valence-electron chi connectivity index (χ3n) is 5.30. The number of hydrogen-bond donors (Lipinski definition) is 3. The predicted molar refractivity (Wildman–Crippen MR) is 114 cm³/mol. The highest BCUT2D eigenvalue weighted by molar-refractivity contribution is 7.90. The maximum absolute atomic E-state index is 11.8. The molecule has 0 unspecified atom stereocenters. The van der Waals surface area contributed by atoms with Gasteiger partial charge in [-0.2, -0.15) is 9.97 Å². The van der Waals surface area contributed by atoms with Crippen molar-refractivity contribution in [1.82, 2.24) is 15.0 Å². The average Bonchev–Trinajstić information content (AvgIpc) is 3.37. The molecule has 3 aromatic rings. The quantitative estimate of drug-likeness (QED) is 0.539. The third kappa shape index (κ3) is 4.29. The van der Waals surface area contributed by atoms with Crippen molar-refractivity contribution in [2.75, 3.05) is 30.5 Å². The van der Waals surface area contributed by atoms with Crippen molar-refractivity contribution < 1.29 is 13.2 Å². The van der Waals surface area contributed by atoms with Crippen molar-refractivity contribution in [3.8, 4) is 5.75 Å². The summed E-state index contributed by atoms with van der Waals surface area (Å²) in [5.74, 6) is 2.26. The van der Waals surface area contributed by atoms with Gasteiger partial charge in [0.15, 0.2) is 9.84 Å². The number of aromatic amines is 1. The predicted octanol–water partition coefficient (Wildman–Crippen LogP) is 3.72. The number of hydrogen-bond acceptors (Lipinski definition) is 7. The molecule has 0 atom stereocenters. The maximum atomic E-state index is 11.8. The summed E-state index contributed by atoms with van der Waals surface area (Å²) in [5.41, 5.74) is 1.32. The lowest BCUT2D eigenvalue weighted by atomic mass is 10.1. The molecule has 4 rings (SSSR count). The minimum absolute atomic E-state index is 0.194. The second-order valence-electron chi connectivity index (χ2n) is 7.43. The Morgan fingerprint density at radius 1 is 1.21 bits per heavy atom. The molecule has 1 aliphatic carbocycles. The number of benzene rings is 1. The number of H-pyrrole nitrogens is 1. The first-order valence-electron chi connectivity index (χ1n) is 9.68. The number of ether oxygens (including phenoxy) is 1. The third-order valence-corrected chi connectivity index (χ3v) is 6.41. The lowest BCUT2D eigenvalue weighted by Gasteiger charge is -2.14. The molecule has 0 amide bonds. The van der Waals surface area contributed by atoms with Crippen LogP contribution in [0.1, 0.15) is 25.7 Å². The fourth-order valence-electron chi connectivity index (χ4n) is 3.71. The molecule has 154 valence electrons. The molecule has 0 spiro atoms. The van der Waals surface area contributed by atoms with Gasteiger partial charge < -0.3 is 20.4 Å². The van der Waals surface area contributed by atoms with Crippen LogP contribution >= 0.6 is 0 Å². The summed E-state index contributed by atoms with van der Waals surface area (Å²) in [6, 6.07) is 6.64. The van der Waals surface area contributed by atoms with Gasteiger partial charge in [-0.25, -0.2) is 8.42 Å². The lowest BCUT2D eigenvalue weighted by Crippen LogP contribution is -2.13. The SMILES string of the molecule is COc1cc(S(C)(=O)=O)ccc1Nc1nc(NCC2CCCC2)c2cc[nH]c2n1. The minimum atomic E-state index is -3.32. The van der Waals surface area contributed by atoms with E-state index in [1.807, 2.05) is 12.3 Å². The summed E-state index contributed by atoms with van der Waals surface area (Å²) in [6.45, 7) is 0.892. The molecule has 0 saturated heterocycles. The summed E-state index contributed by atoms with van der Waals surface area (Å²) < 4.78 is 29.0. The van der Waals surface area contributed by atoms with E-state index in [-0.39, 0.29) is 4.90 Å². The van der Waals surface area contributed by atoms with Gasteiger partial charge in [0, 0.05) is 25.1 Å². The van der Waals surface area contributed by atoms with Crippen LogP contribution in [0.25, 0.3) is 11.0 Å². The average molecular weight is 416 g/mol. The molecule has 9 heteroatoms. The first-order chi connectivity index (χ1) is 13.9. The minimum Gasteiger partial charge on any atom is -0.495 e. The van der Waals surface area contributed by atoms with Crippen LogP contribution < -0.4 is 15.4 Å². The Morgan fingerprint density at radius 2 is 2.00 bits per heavy atom. The van der Waals surface area contributed by atoms with Crippen LogP contribution in [0.4, 0.5) is 17.5 Å². The van der Waals surface area contributed by atoms with Crippen molar-refractivity contribution >= 4 is 38.3 Å². The number of fused-ring (bicyclic) bond motifs is 1. The van der Waals surface area contributed by atoms with Gasteiger partial charge in [-0.3, -0.25) is 0 Å². The summed E-state index contributed by atoms with van der Waals surface area (Å²) in [6.07, 6.45) is 8.11. The fraction of sp³-hybridized carbons (Fsp3) is 0.400. The zero-order chi connectivity index (χ0) is 20.4. The van der Waals surface area contributed by atoms with Crippen molar-refractivity contribution in [3.63, 3.8) is 0 Å². The van der Waals surface area contributed by atoms with Gasteiger partial charge in [-0.1, -0.05) is 12.8 Å². The monoisotopic (exact) mass is 415 g/mol. The smallest absolute Gasteiger partial charge is 0.231 e. The Bertz CT molecular complexity index is 1120. The Morgan fingerprint density at radius 3 is 2.72 bits per heavy atom. The van der Waals surface area contributed by atoms with Gasteiger partial charge in [0.25, 0.3) is 0 Å². The molecule has 3 N–H and O–H groups in total. The standard InChI is InChI=1S/C20H25N5O3S/c1-28-17-11-14(29(2,26)27)7-8-16(17)23-20-24-18-15(9-10-21-18)19(25-20)22-12-13-5-3-4-6-13/h7-11,13H,3-6,12H2,1-2H3,(H3,21,22,23,24,25). The number of methoxy groups -OCH3 is 1.